The summed E-state index contributed by atoms with van der Waals surface area (Å²) in [6.45, 7) is 3.20. The molecule has 6 rings (SSSR count). The number of nitrogens with zero attached hydrogens (tertiary/aromatic N) is 5. The number of ether oxygens (including phenoxy) is 1. The number of piperazine rings is 1. The van der Waals surface area contributed by atoms with Gasteiger partial charge in [0.05, 0.1) is 30.4 Å². The number of thiazole rings is 1. The van der Waals surface area contributed by atoms with E-state index in [9.17, 15) is 14.4 Å². The van der Waals surface area contributed by atoms with Crippen molar-refractivity contribution in [3.63, 3.8) is 0 Å². The van der Waals surface area contributed by atoms with E-state index in [1.54, 1.807) is 34.1 Å². The highest BCUT2D eigenvalue weighted by Crippen LogP contribution is 2.32. The zero-order valence-corrected chi connectivity index (χ0v) is 26.7. The molecule has 2 fully saturated rings. The number of para-hydroxylation sites is 1. The molecule has 13 heteroatoms. The van der Waals surface area contributed by atoms with Crippen LogP contribution < -0.4 is 21.5 Å². The van der Waals surface area contributed by atoms with Gasteiger partial charge in [0.15, 0.2) is 5.13 Å². The number of hydrogen-bond donors (Lipinski definition) is 3. The molecular weight excluding hydrogens is 604 g/mol. The summed E-state index contributed by atoms with van der Waals surface area (Å²) < 4.78 is 6.18. The third-order valence-electron chi connectivity index (χ3n) is 8.44. The summed E-state index contributed by atoms with van der Waals surface area (Å²) in [7, 11) is 1.61. The molecule has 1 aromatic heterocycles. The van der Waals surface area contributed by atoms with Crippen LogP contribution >= 0.6 is 11.3 Å². The number of fused-ring (bicyclic) bond motifs is 2. The molecule has 0 unspecified atom stereocenters. The van der Waals surface area contributed by atoms with Crippen LogP contribution in [-0.4, -0.2) is 81.6 Å². The van der Waals surface area contributed by atoms with Gasteiger partial charge < -0.3 is 31.3 Å². The van der Waals surface area contributed by atoms with Crippen LogP contribution in [0.25, 0.3) is 10.2 Å². The summed E-state index contributed by atoms with van der Waals surface area (Å²) in [5, 5.41) is 6.90. The molecule has 0 spiro atoms. The van der Waals surface area contributed by atoms with E-state index >= 15 is 0 Å². The molecule has 0 bridgehead atoms. The molecule has 3 aromatic carbocycles. The summed E-state index contributed by atoms with van der Waals surface area (Å²) in [6, 6.07) is 19.6. The van der Waals surface area contributed by atoms with Crippen molar-refractivity contribution in [1.29, 1.82) is 0 Å². The summed E-state index contributed by atoms with van der Waals surface area (Å²) in [5.41, 5.74) is 16.0. The molecule has 4 aromatic rings. The van der Waals surface area contributed by atoms with Crippen LogP contribution in [0.15, 0.2) is 66.7 Å². The largest absolute Gasteiger partial charge is 0.497 e. The maximum absolute atomic E-state index is 14.2. The van der Waals surface area contributed by atoms with Crippen molar-refractivity contribution in [2.45, 2.75) is 45.1 Å². The van der Waals surface area contributed by atoms with E-state index in [0.717, 1.165) is 32.7 Å². The highest BCUT2D eigenvalue weighted by atomic mass is 32.1. The number of carbonyl (C=O) groups is 3. The van der Waals surface area contributed by atoms with Crippen molar-refractivity contribution in [1.82, 2.24) is 30.1 Å². The Morgan fingerprint density at radius 1 is 1.07 bits per heavy atom. The second-order valence-electron chi connectivity index (χ2n) is 11.5. The fourth-order valence-corrected chi connectivity index (χ4v) is 6.98. The molecule has 0 saturated carbocycles. The van der Waals surface area contributed by atoms with E-state index in [4.69, 9.17) is 16.2 Å². The van der Waals surface area contributed by atoms with Gasteiger partial charge in [0.25, 0.3) is 0 Å². The minimum Gasteiger partial charge on any atom is -0.497 e. The number of nitrogens with one attached hydrogen (secondary N) is 1. The maximum Gasteiger partial charge on any atom is 0.332 e. The Hall–Kier alpha value is -4.88. The van der Waals surface area contributed by atoms with Crippen LogP contribution in [-0.2, 0) is 29.1 Å². The van der Waals surface area contributed by atoms with Gasteiger partial charge in [0.2, 0.25) is 11.8 Å². The summed E-state index contributed by atoms with van der Waals surface area (Å²) >= 11 is 1.40. The van der Waals surface area contributed by atoms with Crippen molar-refractivity contribution >= 4 is 50.2 Å². The molecule has 2 saturated heterocycles. The lowest BCUT2D eigenvalue weighted by Gasteiger charge is -2.46. The standard InChI is InChI=1S/C33H38N8O4S/c1-3-15-39(33(44)36-17-22-9-13-25(45-2)14-10-22)40-20-29(42)41-26(16-21-7-11-24(34)12-8-21)31(43)38(19-28(40)41)18-23-5-4-6-27-30(23)37-32(35)46-27/h4-14,26,28H,3,15-20,34H2,1-2H3,(H2,35,37)(H,36,44)/t26-,28+/m0/s1. The lowest BCUT2D eigenvalue weighted by molar-refractivity contribution is -0.157. The Kier molecular flexibility index (Phi) is 8.95. The molecule has 240 valence electrons. The van der Waals surface area contributed by atoms with Gasteiger partial charge in [-0.25, -0.2) is 9.78 Å². The first-order chi connectivity index (χ1) is 22.2. The SMILES string of the molecule is CCCN(C(=O)NCc1ccc(OC)cc1)N1CC(=O)N2[C@@H](Cc3ccc(N)cc3)C(=O)N(Cc3cccc4sc(N)nc34)C[C@@H]21. The number of aromatic nitrogens is 1. The Morgan fingerprint density at radius 2 is 1.80 bits per heavy atom. The van der Waals surface area contributed by atoms with E-state index in [2.05, 4.69) is 10.3 Å². The molecule has 2 aliphatic heterocycles. The van der Waals surface area contributed by atoms with E-state index < -0.39 is 12.2 Å². The van der Waals surface area contributed by atoms with Gasteiger partial charge in [0, 0.05) is 31.7 Å². The van der Waals surface area contributed by atoms with Gasteiger partial charge in [-0.1, -0.05) is 54.7 Å². The normalized spacial score (nSPS) is 18.2. The number of urea groups is 1. The van der Waals surface area contributed by atoms with Gasteiger partial charge in [-0.2, -0.15) is 5.01 Å². The number of anilines is 2. The number of benzene rings is 3. The van der Waals surface area contributed by atoms with Crippen molar-refractivity contribution in [2.24, 2.45) is 0 Å². The molecule has 5 N–H and O–H groups in total. The number of nitrogens with two attached hydrogens (primary N) is 2. The predicted octanol–water partition coefficient (Wildman–Crippen LogP) is 3.43. The van der Waals surface area contributed by atoms with Gasteiger partial charge in [-0.05, 0) is 53.4 Å². The van der Waals surface area contributed by atoms with E-state index in [1.165, 1.54) is 11.3 Å². The molecule has 2 aliphatic rings. The smallest absolute Gasteiger partial charge is 0.332 e. The van der Waals surface area contributed by atoms with Crippen molar-refractivity contribution in [3.8, 4) is 5.75 Å². The minimum absolute atomic E-state index is 0.0157. The highest BCUT2D eigenvalue weighted by Gasteiger charge is 2.52. The van der Waals surface area contributed by atoms with Gasteiger partial charge >= 0.3 is 6.03 Å². The Balaban J connectivity index is 1.29. The molecule has 4 amide bonds. The highest BCUT2D eigenvalue weighted by molar-refractivity contribution is 7.22. The summed E-state index contributed by atoms with van der Waals surface area (Å²) in [6.07, 6.45) is 0.455. The second kappa shape index (κ2) is 13.2. The van der Waals surface area contributed by atoms with Crippen LogP contribution in [0.5, 0.6) is 5.75 Å². The number of carbonyl (C=O) groups excluding carboxylic acids is 3. The first kappa shape index (κ1) is 31.1. The van der Waals surface area contributed by atoms with Gasteiger partial charge in [0.1, 0.15) is 18.0 Å². The van der Waals surface area contributed by atoms with Crippen LogP contribution in [0.1, 0.15) is 30.0 Å². The van der Waals surface area contributed by atoms with Gasteiger partial charge in [-0.3, -0.25) is 14.6 Å². The Labute approximate surface area is 271 Å². The molecule has 3 heterocycles. The monoisotopic (exact) mass is 642 g/mol. The molecule has 46 heavy (non-hydrogen) atoms. The Morgan fingerprint density at radius 3 is 2.52 bits per heavy atom. The third kappa shape index (κ3) is 6.28. The fraction of sp³-hybridized carbons (Fsp3) is 0.333. The Bertz CT molecular complexity index is 1730. The number of nitrogen functional groups attached to an aromatic ring is 2. The van der Waals surface area contributed by atoms with Crippen molar-refractivity contribution < 1.29 is 19.1 Å². The van der Waals surface area contributed by atoms with Crippen LogP contribution in [0.3, 0.4) is 0 Å². The molecule has 0 radical (unpaired) electrons. The maximum atomic E-state index is 14.2. The van der Waals surface area contributed by atoms with Crippen LogP contribution in [0.4, 0.5) is 15.6 Å². The van der Waals surface area contributed by atoms with Gasteiger partial charge in [-0.15, -0.1) is 0 Å². The number of rotatable bonds is 10. The number of hydrogen-bond acceptors (Lipinski definition) is 9. The zero-order chi connectivity index (χ0) is 32.4. The van der Waals surface area contributed by atoms with E-state index in [0.29, 0.717) is 43.3 Å². The quantitative estimate of drug-likeness (QED) is 0.223. The molecule has 2 atom stereocenters. The van der Waals surface area contributed by atoms with E-state index in [1.807, 2.05) is 66.5 Å². The molecule has 12 nitrogen and oxygen atoms in total. The summed E-state index contributed by atoms with van der Waals surface area (Å²) in [5.74, 6) is 0.379. The third-order valence-corrected chi connectivity index (χ3v) is 9.29. The molecule has 0 aliphatic carbocycles. The molecular formula is C33H38N8O4S. The van der Waals surface area contributed by atoms with Crippen molar-refractivity contribution in [3.05, 3.63) is 83.4 Å². The van der Waals surface area contributed by atoms with E-state index in [-0.39, 0.29) is 30.9 Å². The van der Waals surface area contributed by atoms with Crippen molar-refractivity contribution in [2.75, 3.05) is 38.2 Å². The lowest BCUT2D eigenvalue weighted by atomic mass is 9.99. The predicted molar refractivity (Wildman–Crippen MR) is 177 cm³/mol. The number of amides is 4. The van der Waals surface area contributed by atoms with Crippen LogP contribution in [0, 0.1) is 0 Å². The zero-order valence-electron chi connectivity index (χ0n) is 25.9. The average molecular weight is 643 g/mol. The lowest BCUT2D eigenvalue weighted by Crippen LogP contribution is -2.66. The average Bonchev–Trinajstić information content (AvgIpc) is 3.60. The second-order valence-corrected chi connectivity index (χ2v) is 12.6. The minimum atomic E-state index is -0.759. The fourth-order valence-electron chi connectivity index (χ4n) is 6.19. The van der Waals surface area contributed by atoms with Crippen LogP contribution in [0.2, 0.25) is 0 Å². The first-order valence-electron chi connectivity index (χ1n) is 15.3. The summed E-state index contributed by atoms with van der Waals surface area (Å²) in [4.78, 5) is 49.6. The topological polar surface area (TPSA) is 150 Å². The number of hydrazine groups is 1. The number of methoxy groups -OCH3 is 1. The first-order valence-corrected chi connectivity index (χ1v) is 16.1.